The van der Waals surface area contributed by atoms with Crippen molar-refractivity contribution in [2.75, 3.05) is 6.61 Å². The maximum Gasteiger partial charge on any atom is 0.0946 e. The van der Waals surface area contributed by atoms with Gasteiger partial charge in [-0.15, -0.1) is 0 Å². The molecule has 1 aliphatic carbocycles. The molecule has 0 aliphatic heterocycles. The second-order valence-corrected chi connectivity index (χ2v) is 2.17. The standard InChI is InChI=1S/C7H12O2/c1-2-9-7-4-3-6(8)5-7/h5-6,8H,2-4H2,1H3. The normalized spacial score (nSPS) is 26.0. The SMILES string of the molecule is CCOC1=CC(O)CC1. The first kappa shape index (κ1) is 6.62. The molecule has 0 fully saturated rings. The van der Waals surface area contributed by atoms with E-state index in [1.54, 1.807) is 6.08 Å². The lowest BCUT2D eigenvalue weighted by Gasteiger charge is -1.99. The Morgan fingerprint density at radius 1 is 1.89 bits per heavy atom. The lowest BCUT2D eigenvalue weighted by molar-refractivity contribution is 0.219. The summed E-state index contributed by atoms with van der Waals surface area (Å²) in [6.07, 6.45) is 3.25. The van der Waals surface area contributed by atoms with E-state index < -0.39 is 0 Å². The molecule has 0 bridgehead atoms. The molecule has 52 valence electrons. The molecular formula is C7H12O2. The number of rotatable bonds is 2. The Balaban J connectivity index is 2.33. The Morgan fingerprint density at radius 2 is 2.67 bits per heavy atom. The molecule has 1 unspecified atom stereocenters. The molecule has 0 aromatic heterocycles. The zero-order valence-corrected chi connectivity index (χ0v) is 5.63. The van der Waals surface area contributed by atoms with E-state index in [1.807, 2.05) is 6.92 Å². The number of aliphatic hydroxyl groups excluding tert-OH is 1. The highest BCUT2D eigenvalue weighted by Crippen LogP contribution is 2.18. The van der Waals surface area contributed by atoms with Crippen molar-refractivity contribution in [1.82, 2.24) is 0 Å². The van der Waals surface area contributed by atoms with Gasteiger partial charge >= 0.3 is 0 Å². The number of allylic oxidation sites excluding steroid dienone is 1. The summed E-state index contributed by atoms with van der Waals surface area (Å²) in [5.74, 6) is 0.949. The fourth-order valence-electron chi connectivity index (χ4n) is 0.977. The predicted molar refractivity (Wildman–Crippen MR) is 34.9 cm³/mol. The van der Waals surface area contributed by atoms with Crippen LogP contribution in [0.4, 0.5) is 0 Å². The van der Waals surface area contributed by atoms with Crippen LogP contribution in [0.3, 0.4) is 0 Å². The Labute approximate surface area is 55.1 Å². The molecule has 0 radical (unpaired) electrons. The zero-order valence-electron chi connectivity index (χ0n) is 5.63. The van der Waals surface area contributed by atoms with E-state index in [4.69, 9.17) is 9.84 Å². The molecule has 2 heteroatoms. The molecule has 0 saturated carbocycles. The smallest absolute Gasteiger partial charge is 0.0946 e. The van der Waals surface area contributed by atoms with Gasteiger partial charge in [-0.3, -0.25) is 0 Å². The fourth-order valence-corrected chi connectivity index (χ4v) is 0.977. The lowest BCUT2D eigenvalue weighted by atomic mass is 10.3. The maximum atomic E-state index is 8.97. The quantitative estimate of drug-likeness (QED) is 0.602. The van der Waals surface area contributed by atoms with E-state index in [2.05, 4.69) is 0 Å². The van der Waals surface area contributed by atoms with Gasteiger partial charge in [0.1, 0.15) is 0 Å². The highest BCUT2D eigenvalue weighted by molar-refractivity contribution is 5.04. The second-order valence-electron chi connectivity index (χ2n) is 2.17. The van der Waals surface area contributed by atoms with E-state index in [0.29, 0.717) is 6.61 Å². The maximum absolute atomic E-state index is 8.97. The highest BCUT2D eigenvalue weighted by atomic mass is 16.5. The summed E-state index contributed by atoms with van der Waals surface area (Å²) in [7, 11) is 0. The molecule has 0 aromatic carbocycles. The van der Waals surface area contributed by atoms with Crippen molar-refractivity contribution in [3.05, 3.63) is 11.8 Å². The molecule has 1 aliphatic rings. The highest BCUT2D eigenvalue weighted by Gasteiger charge is 2.12. The van der Waals surface area contributed by atoms with Crippen molar-refractivity contribution in [3.63, 3.8) is 0 Å². The van der Waals surface area contributed by atoms with E-state index >= 15 is 0 Å². The third kappa shape index (κ3) is 1.72. The van der Waals surface area contributed by atoms with Gasteiger partial charge in [-0.2, -0.15) is 0 Å². The lowest BCUT2D eigenvalue weighted by Crippen LogP contribution is -1.93. The van der Waals surface area contributed by atoms with E-state index in [0.717, 1.165) is 18.6 Å². The van der Waals surface area contributed by atoms with Crippen molar-refractivity contribution in [2.45, 2.75) is 25.9 Å². The van der Waals surface area contributed by atoms with Gasteiger partial charge < -0.3 is 9.84 Å². The van der Waals surface area contributed by atoms with Crippen LogP contribution in [0.15, 0.2) is 11.8 Å². The van der Waals surface area contributed by atoms with Crippen LogP contribution >= 0.6 is 0 Å². The van der Waals surface area contributed by atoms with Crippen molar-refractivity contribution in [2.24, 2.45) is 0 Å². The van der Waals surface area contributed by atoms with Crippen LogP contribution < -0.4 is 0 Å². The van der Waals surface area contributed by atoms with Crippen LogP contribution in [0.25, 0.3) is 0 Å². The first-order valence-corrected chi connectivity index (χ1v) is 3.34. The Kier molecular flexibility index (Phi) is 2.11. The van der Waals surface area contributed by atoms with Gasteiger partial charge in [0, 0.05) is 6.42 Å². The fraction of sp³-hybridized carbons (Fsp3) is 0.714. The van der Waals surface area contributed by atoms with Gasteiger partial charge in [0.05, 0.1) is 18.5 Å². The Morgan fingerprint density at radius 3 is 3.11 bits per heavy atom. The summed E-state index contributed by atoms with van der Waals surface area (Å²) in [6, 6.07) is 0. The molecule has 0 heterocycles. The summed E-state index contributed by atoms with van der Waals surface area (Å²) in [6.45, 7) is 2.66. The number of hydrogen-bond donors (Lipinski definition) is 1. The minimum absolute atomic E-state index is 0.258. The monoisotopic (exact) mass is 128 g/mol. The number of hydrogen-bond acceptors (Lipinski definition) is 2. The molecule has 1 atom stereocenters. The topological polar surface area (TPSA) is 29.5 Å². The Hall–Kier alpha value is -0.500. The van der Waals surface area contributed by atoms with Gasteiger partial charge in [-0.1, -0.05) is 0 Å². The molecule has 9 heavy (non-hydrogen) atoms. The summed E-state index contributed by atoms with van der Waals surface area (Å²) in [5.41, 5.74) is 0. The van der Waals surface area contributed by atoms with Crippen LogP contribution in [0.1, 0.15) is 19.8 Å². The number of aliphatic hydroxyl groups is 1. The molecule has 1 rings (SSSR count). The van der Waals surface area contributed by atoms with Crippen molar-refractivity contribution >= 4 is 0 Å². The van der Waals surface area contributed by atoms with Crippen LogP contribution in [0.2, 0.25) is 0 Å². The summed E-state index contributed by atoms with van der Waals surface area (Å²) in [5, 5.41) is 8.97. The summed E-state index contributed by atoms with van der Waals surface area (Å²) < 4.78 is 5.17. The average molecular weight is 128 g/mol. The van der Waals surface area contributed by atoms with E-state index in [-0.39, 0.29) is 6.10 Å². The van der Waals surface area contributed by atoms with Crippen molar-refractivity contribution in [1.29, 1.82) is 0 Å². The second kappa shape index (κ2) is 2.87. The van der Waals surface area contributed by atoms with Crippen molar-refractivity contribution in [3.8, 4) is 0 Å². The Bertz CT molecular complexity index is 118. The van der Waals surface area contributed by atoms with Crippen LogP contribution in [-0.2, 0) is 4.74 Å². The van der Waals surface area contributed by atoms with Gasteiger partial charge in [0.25, 0.3) is 0 Å². The summed E-state index contributed by atoms with van der Waals surface area (Å²) in [4.78, 5) is 0. The van der Waals surface area contributed by atoms with Crippen LogP contribution in [0, 0.1) is 0 Å². The first-order valence-electron chi connectivity index (χ1n) is 3.34. The molecular weight excluding hydrogens is 116 g/mol. The van der Waals surface area contributed by atoms with Crippen LogP contribution in [0.5, 0.6) is 0 Å². The largest absolute Gasteiger partial charge is 0.498 e. The van der Waals surface area contributed by atoms with Crippen LogP contribution in [-0.4, -0.2) is 17.8 Å². The van der Waals surface area contributed by atoms with Gasteiger partial charge in [-0.25, -0.2) is 0 Å². The summed E-state index contributed by atoms with van der Waals surface area (Å²) >= 11 is 0. The predicted octanol–water partition coefficient (Wildman–Crippen LogP) is 1.06. The first-order chi connectivity index (χ1) is 4.33. The van der Waals surface area contributed by atoms with E-state index in [9.17, 15) is 0 Å². The minimum Gasteiger partial charge on any atom is -0.498 e. The molecule has 0 aromatic rings. The molecule has 0 spiro atoms. The zero-order chi connectivity index (χ0) is 6.69. The van der Waals surface area contributed by atoms with Gasteiger partial charge in [0.2, 0.25) is 0 Å². The number of ether oxygens (including phenoxy) is 1. The average Bonchev–Trinajstić information content (AvgIpc) is 2.17. The van der Waals surface area contributed by atoms with Gasteiger partial charge in [0.15, 0.2) is 0 Å². The molecule has 1 N–H and O–H groups in total. The minimum atomic E-state index is -0.258. The van der Waals surface area contributed by atoms with Crippen molar-refractivity contribution < 1.29 is 9.84 Å². The third-order valence-electron chi connectivity index (χ3n) is 1.39. The third-order valence-corrected chi connectivity index (χ3v) is 1.39. The molecule has 0 amide bonds. The van der Waals surface area contributed by atoms with E-state index in [1.165, 1.54) is 0 Å². The molecule has 0 saturated heterocycles. The molecule has 2 nitrogen and oxygen atoms in total. The van der Waals surface area contributed by atoms with Gasteiger partial charge in [-0.05, 0) is 19.4 Å².